The molecule has 12 nitrogen and oxygen atoms in total. The van der Waals surface area contributed by atoms with Crippen molar-refractivity contribution in [3.63, 3.8) is 0 Å². The lowest BCUT2D eigenvalue weighted by Gasteiger charge is -2.22. The average molecular weight is 593 g/mol. The zero-order valence-corrected chi connectivity index (χ0v) is 22.0. The van der Waals surface area contributed by atoms with Crippen LogP contribution in [0.1, 0.15) is 49.4 Å². The van der Waals surface area contributed by atoms with Gasteiger partial charge >= 0.3 is 0 Å². The number of hydrogen-bond donors (Lipinski definition) is 0. The second-order valence-electron chi connectivity index (χ2n) is 9.02. The molecule has 0 bridgehead atoms. The lowest BCUT2D eigenvalue weighted by Crippen LogP contribution is -2.25. The molecule has 1 aliphatic rings. The fraction of sp³-hybridized carbons (Fsp3) is 0.231. The van der Waals surface area contributed by atoms with E-state index in [0.29, 0.717) is 16.7 Å². The van der Waals surface area contributed by atoms with Crippen molar-refractivity contribution in [2.75, 3.05) is 0 Å². The van der Waals surface area contributed by atoms with E-state index in [1.807, 2.05) is 6.07 Å². The van der Waals surface area contributed by atoms with E-state index in [9.17, 15) is 25.0 Å². The van der Waals surface area contributed by atoms with Crippen LogP contribution in [0.2, 0.25) is 0 Å². The Labute approximate surface area is 229 Å². The van der Waals surface area contributed by atoms with Crippen molar-refractivity contribution in [3.05, 3.63) is 101 Å². The van der Waals surface area contributed by atoms with E-state index in [4.69, 9.17) is 9.72 Å². The van der Waals surface area contributed by atoms with Crippen LogP contribution in [0.4, 0.5) is 11.4 Å². The maximum absolute atomic E-state index is 13.6. The highest BCUT2D eigenvalue weighted by Crippen LogP contribution is 2.32. The summed E-state index contributed by atoms with van der Waals surface area (Å²) in [6.07, 6.45) is 7.27. The van der Waals surface area contributed by atoms with E-state index >= 15 is 0 Å². The van der Waals surface area contributed by atoms with E-state index < -0.39 is 9.85 Å². The second-order valence-corrected chi connectivity index (χ2v) is 9.94. The first-order chi connectivity index (χ1) is 18.8. The van der Waals surface area contributed by atoms with Crippen molar-refractivity contribution in [1.82, 2.24) is 14.6 Å². The van der Waals surface area contributed by atoms with Gasteiger partial charge in [-0.05, 0) is 37.1 Å². The van der Waals surface area contributed by atoms with Crippen LogP contribution < -0.4 is 10.3 Å². The Bertz CT molecular complexity index is 1660. The van der Waals surface area contributed by atoms with Gasteiger partial charge in [-0.1, -0.05) is 35.2 Å². The molecule has 13 heteroatoms. The molecule has 0 saturated heterocycles. The first kappa shape index (κ1) is 26.1. The normalized spacial score (nSPS) is 14.1. The molecule has 2 aromatic carbocycles. The van der Waals surface area contributed by atoms with Crippen LogP contribution >= 0.6 is 15.9 Å². The number of nitro benzene ring substituents is 1. The molecule has 0 N–H and O–H groups in total. The van der Waals surface area contributed by atoms with Crippen LogP contribution in [-0.4, -0.2) is 30.7 Å². The molecule has 39 heavy (non-hydrogen) atoms. The molecule has 0 amide bonds. The number of hydrogen-bond acceptors (Lipinski definition) is 9. The minimum Gasteiger partial charge on any atom is -0.438 e. The first-order valence-corrected chi connectivity index (χ1v) is 12.9. The Morgan fingerprint density at radius 1 is 1.00 bits per heavy atom. The van der Waals surface area contributed by atoms with Crippen LogP contribution in [-0.2, 0) is 0 Å². The molecule has 0 atom stereocenters. The Morgan fingerprint density at radius 3 is 2.44 bits per heavy atom. The minimum absolute atomic E-state index is 0.0430. The van der Waals surface area contributed by atoms with Crippen LogP contribution in [0.25, 0.3) is 10.9 Å². The highest BCUT2D eigenvalue weighted by atomic mass is 79.9. The van der Waals surface area contributed by atoms with Gasteiger partial charge in [0.15, 0.2) is 0 Å². The maximum Gasteiger partial charge on any atom is 0.287 e. The number of nitrogens with zero attached hydrogens (tertiary/aromatic N) is 6. The SMILES string of the molecule is O=c1c2cc(Br)ccc2nc(C2CCCCC2)n1N=Cc1cc([N+](=O)[O-])ccc1Oc1ccc([N+](=O)[O-])cn1. The Kier molecular flexibility index (Phi) is 7.41. The number of halogens is 1. The van der Waals surface area contributed by atoms with Gasteiger partial charge < -0.3 is 4.74 Å². The number of ether oxygens (including phenoxy) is 1. The van der Waals surface area contributed by atoms with Gasteiger partial charge in [0, 0.05) is 40.2 Å². The molecule has 4 aromatic rings. The summed E-state index contributed by atoms with van der Waals surface area (Å²) in [5.74, 6) is 0.786. The van der Waals surface area contributed by atoms with Crippen molar-refractivity contribution in [2.24, 2.45) is 5.10 Å². The molecule has 1 aliphatic carbocycles. The van der Waals surface area contributed by atoms with Crippen LogP contribution in [0.15, 0.2) is 69.1 Å². The summed E-state index contributed by atoms with van der Waals surface area (Å²) < 4.78 is 7.76. The molecular formula is C26H21BrN6O6. The molecule has 5 rings (SSSR count). The summed E-state index contributed by atoms with van der Waals surface area (Å²) in [6, 6.07) is 11.7. The number of non-ortho nitro benzene ring substituents is 1. The predicted molar refractivity (Wildman–Crippen MR) is 147 cm³/mol. The monoisotopic (exact) mass is 592 g/mol. The fourth-order valence-corrected chi connectivity index (χ4v) is 4.88. The van der Waals surface area contributed by atoms with Gasteiger partial charge in [-0.3, -0.25) is 25.0 Å². The zero-order valence-electron chi connectivity index (χ0n) is 20.4. The molecule has 0 radical (unpaired) electrons. The molecule has 1 fully saturated rings. The van der Waals surface area contributed by atoms with Crippen LogP contribution in [0, 0.1) is 20.2 Å². The van der Waals surface area contributed by atoms with Gasteiger partial charge in [0.1, 0.15) is 17.8 Å². The Hall–Kier alpha value is -4.52. The third-order valence-electron chi connectivity index (χ3n) is 6.47. The lowest BCUT2D eigenvalue weighted by molar-refractivity contribution is -0.385. The number of benzene rings is 2. The molecule has 2 heterocycles. The number of rotatable bonds is 7. The third-order valence-corrected chi connectivity index (χ3v) is 6.96. The largest absolute Gasteiger partial charge is 0.438 e. The van der Waals surface area contributed by atoms with Gasteiger partial charge in [0.05, 0.1) is 27.0 Å². The van der Waals surface area contributed by atoms with Crippen molar-refractivity contribution in [2.45, 2.75) is 38.0 Å². The number of fused-ring (bicyclic) bond motifs is 1. The summed E-state index contributed by atoms with van der Waals surface area (Å²) in [4.78, 5) is 43.6. The highest BCUT2D eigenvalue weighted by Gasteiger charge is 2.23. The van der Waals surface area contributed by atoms with E-state index in [2.05, 4.69) is 26.0 Å². The number of aromatic nitrogens is 3. The second kappa shape index (κ2) is 11.1. The molecule has 0 aliphatic heterocycles. The summed E-state index contributed by atoms with van der Waals surface area (Å²) in [7, 11) is 0. The van der Waals surface area contributed by atoms with Crippen LogP contribution in [0.3, 0.4) is 0 Å². The molecule has 1 saturated carbocycles. The summed E-state index contributed by atoms with van der Waals surface area (Å²) in [5, 5.41) is 27.2. The topological polar surface area (TPSA) is 156 Å². The molecule has 0 spiro atoms. The van der Waals surface area contributed by atoms with Crippen molar-refractivity contribution in [1.29, 1.82) is 0 Å². The molecule has 0 unspecified atom stereocenters. The van der Waals surface area contributed by atoms with Gasteiger partial charge in [-0.2, -0.15) is 9.78 Å². The first-order valence-electron chi connectivity index (χ1n) is 12.1. The molecule has 2 aromatic heterocycles. The average Bonchev–Trinajstić information content (AvgIpc) is 2.94. The van der Waals surface area contributed by atoms with Gasteiger partial charge in [0.2, 0.25) is 5.88 Å². The van der Waals surface area contributed by atoms with E-state index in [1.54, 1.807) is 12.1 Å². The summed E-state index contributed by atoms with van der Waals surface area (Å²) in [5.41, 5.74) is 0.000792. The van der Waals surface area contributed by atoms with Gasteiger partial charge in [-0.25, -0.2) is 9.97 Å². The maximum atomic E-state index is 13.6. The summed E-state index contributed by atoms with van der Waals surface area (Å²) in [6.45, 7) is 0. The highest BCUT2D eigenvalue weighted by molar-refractivity contribution is 9.10. The van der Waals surface area contributed by atoms with E-state index in [-0.39, 0.29) is 40.0 Å². The minimum atomic E-state index is -0.585. The van der Waals surface area contributed by atoms with Crippen molar-refractivity contribution >= 4 is 44.4 Å². The van der Waals surface area contributed by atoms with Crippen molar-refractivity contribution < 1.29 is 14.6 Å². The third kappa shape index (κ3) is 5.67. The number of pyridine rings is 1. The zero-order chi connectivity index (χ0) is 27.5. The fourth-order valence-electron chi connectivity index (χ4n) is 4.52. The standard InChI is InChI=1S/C26H21BrN6O6/c27-18-6-9-22-21(13-18)26(34)31(25(30-22)16-4-2-1-3-5-16)29-14-17-12-19(32(35)36)7-10-23(17)39-24-11-8-20(15-28-24)33(37)38/h6-16H,1-5H2. The van der Waals surface area contributed by atoms with E-state index in [0.717, 1.165) is 42.8 Å². The molecule has 198 valence electrons. The lowest BCUT2D eigenvalue weighted by atomic mass is 9.88. The smallest absolute Gasteiger partial charge is 0.287 e. The van der Waals surface area contributed by atoms with Gasteiger partial charge in [-0.15, -0.1) is 0 Å². The van der Waals surface area contributed by atoms with Crippen LogP contribution in [0.5, 0.6) is 11.6 Å². The Balaban J connectivity index is 1.60. The Morgan fingerprint density at radius 2 is 1.74 bits per heavy atom. The van der Waals surface area contributed by atoms with Gasteiger partial charge in [0.25, 0.3) is 16.9 Å². The predicted octanol–water partition coefficient (Wildman–Crippen LogP) is 6.09. The number of nitro groups is 2. The summed E-state index contributed by atoms with van der Waals surface area (Å²) >= 11 is 3.40. The quantitative estimate of drug-likeness (QED) is 0.142. The van der Waals surface area contributed by atoms with Crippen molar-refractivity contribution in [3.8, 4) is 11.6 Å². The van der Waals surface area contributed by atoms with E-state index in [1.165, 1.54) is 41.2 Å². The molecular weight excluding hydrogens is 572 g/mol.